The third kappa shape index (κ3) is 2.38. The first-order chi connectivity index (χ1) is 7.11. The number of aryl methyl sites for hydroxylation is 1. The van der Waals surface area contributed by atoms with E-state index in [1.54, 1.807) is 7.11 Å². The van der Waals surface area contributed by atoms with Crippen LogP contribution in [0.4, 0.5) is 0 Å². The maximum absolute atomic E-state index is 10.0. The van der Waals surface area contributed by atoms with Gasteiger partial charge in [0.25, 0.3) is 0 Å². The summed E-state index contributed by atoms with van der Waals surface area (Å²) in [6.07, 6.45) is 1.50. The normalized spacial score (nSPS) is 9.60. The smallest absolute Gasteiger partial charge is 0.235 e. The molecule has 0 fully saturated rings. The van der Waals surface area contributed by atoms with Gasteiger partial charge in [0.15, 0.2) is 0 Å². The predicted molar refractivity (Wildman–Crippen MR) is 59.3 cm³/mol. The zero-order valence-electron chi connectivity index (χ0n) is 8.93. The first-order valence-corrected chi connectivity index (χ1v) is 4.85. The van der Waals surface area contributed by atoms with Crippen LogP contribution in [0.15, 0.2) is 11.1 Å². The molecular formula is C11H12ClNO2. The lowest BCUT2D eigenvalue weighted by atomic mass is 10.0. The molecule has 0 unspecified atom stereocenters. The fourth-order valence-electron chi connectivity index (χ4n) is 1.38. The molecule has 0 amide bonds. The van der Waals surface area contributed by atoms with Gasteiger partial charge < -0.3 is 4.74 Å². The molecule has 0 aromatic heterocycles. The molecule has 0 heterocycles. The third-order valence-corrected chi connectivity index (χ3v) is 2.78. The van der Waals surface area contributed by atoms with Crippen molar-refractivity contribution in [2.24, 2.45) is 4.99 Å². The summed E-state index contributed by atoms with van der Waals surface area (Å²) in [5.41, 5.74) is 2.83. The Morgan fingerprint density at radius 3 is 2.73 bits per heavy atom. The van der Waals surface area contributed by atoms with Crippen LogP contribution < -0.4 is 4.74 Å². The lowest BCUT2D eigenvalue weighted by Gasteiger charge is -2.12. The molecule has 0 aliphatic heterocycles. The van der Waals surface area contributed by atoms with E-state index in [1.165, 1.54) is 6.08 Å². The molecule has 3 nitrogen and oxygen atoms in total. The fraction of sp³-hybridized carbons (Fsp3) is 0.364. The van der Waals surface area contributed by atoms with Crippen molar-refractivity contribution in [1.82, 2.24) is 0 Å². The molecule has 1 rings (SSSR count). The molecule has 15 heavy (non-hydrogen) atoms. The van der Waals surface area contributed by atoms with Gasteiger partial charge in [0.2, 0.25) is 6.08 Å². The van der Waals surface area contributed by atoms with Crippen molar-refractivity contribution in [2.75, 3.05) is 7.11 Å². The summed E-state index contributed by atoms with van der Waals surface area (Å²) in [6, 6.07) is 1.92. The van der Waals surface area contributed by atoms with Gasteiger partial charge in [0.05, 0.1) is 18.7 Å². The van der Waals surface area contributed by atoms with Crippen molar-refractivity contribution < 1.29 is 9.53 Å². The highest BCUT2D eigenvalue weighted by molar-refractivity contribution is 6.33. The van der Waals surface area contributed by atoms with Gasteiger partial charge in [0, 0.05) is 5.56 Å². The van der Waals surface area contributed by atoms with Crippen molar-refractivity contribution in [3.8, 4) is 5.75 Å². The summed E-state index contributed by atoms with van der Waals surface area (Å²) in [5, 5.41) is 0.577. The minimum atomic E-state index is 0.244. The van der Waals surface area contributed by atoms with E-state index in [-0.39, 0.29) is 6.54 Å². The van der Waals surface area contributed by atoms with Gasteiger partial charge in [0.1, 0.15) is 5.75 Å². The number of halogens is 1. The summed E-state index contributed by atoms with van der Waals surface area (Å²) in [5.74, 6) is 0.582. The fourth-order valence-corrected chi connectivity index (χ4v) is 1.72. The minimum Gasteiger partial charge on any atom is -0.495 e. The van der Waals surface area contributed by atoms with Crippen LogP contribution in [0.25, 0.3) is 0 Å². The van der Waals surface area contributed by atoms with Crippen LogP contribution in [-0.4, -0.2) is 13.2 Å². The zero-order chi connectivity index (χ0) is 11.4. The van der Waals surface area contributed by atoms with E-state index in [0.29, 0.717) is 10.8 Å². The van der Waals surface area contributed by atoms with Crippen LogP contribution in [0.5, 0.6) is 5.75 Å². The van der Waals surface area contributed by atoms with E-state index in [4.69, 9.17) is 16.3 Å². The molecule has 0 saturated carbocycles. The lowest BCUT2D eigenvalue weighted by Crippen LogP contribution is -1.96. The molecule has 1 aromatic rings. The number of nitrogens with zero attached hydrogens (tertiary/aromatic N) is 1. The number of ether oxygens (including phenoxy) is 1. The summed E-state index contributed by atoms with van der Waals surface area (Å²) in [6.45, 7) is 4.12. The molecule has 0 aliphatic rings. The second-order valence-electron chi connectivity index (χ2n) is 3.23. The molecule has 0 bridgehead atoms. The first-order valence-electron chi connectivity index (χ1n) is 4.48. The maximum Gasteiger partial charge on any atom is 0.235 e. The molecule has 0 saturated heterocycles. The van der Waals surface area contributed by atoms with E-state index in [0.717, 1.165) is 16.7 Å². The molecule has 0 N–H and O–H groups in total. The van der Waals surface area contributed by atoms with E-state index >= 15 is 0 Å². The van der Waals surface area contributed by atoms with E-state index < -0.39 is 0 Å². The van der Waals surface area contributed by atoms with Crippen molar-refractivity contribution in [3.05, 3.63) is 27.8 Å². The van der Waals surface area contributed by atoms with Crippen molar-refractivity contribution in [3.63, 3.8) is 0 Å². The Kier molecular flexibility index (Phi) is 3.89. The van der Waals surface area contributed by atoms with E-state index in [9.17, 15) is 4.79 Å². The lowest BCUT2D eigenvalue weighted by molar-refractivity contribution is 0.409. The largest absolute Gasteiger partial charge is 0.495 e. The highest BCUT2D eigenvalue weighted by Crippen LogP contribution is 2.34. The molecule has 0 atom stereocenters. The van der Waals surface area contributed by atoms with Gasteiger partial charge >= 0.3 is 0 Å². The van der Waals surface area contributed by atoms with Gasteiger partial charge in [-0.05, 0) is 25.0 Å². The Balaban J connectivity index is 3.31. The van der Waals surface area contributed by atoms with Crippen LogP contribution in [-0.2, 0) is 11.3 Å². The van der Waals surface area contributed by atoms with Gasteiger partial charge in [-0.1, -0.05) is 17.7 Å². The quantitative estimate of drug-likeness (QED) is 0.586. The molecule has 0 aliphatic carbocycles. The zero-order valence-corrected chi connectivity index (χ0v) is 9.68. The number of methoxy groups -OCH3 is 1. The molecule has 0 spiro atoms. The SMILES string of the molecule is COc1c(CN=C=O)cc(C)c(C)c1Cl. The number of carbonyl (C=O) groups excluding carboxylic acids is 1. The Labute approximate surface area is 93.7 Å². The number of rotatable bonds is 3. The number of hydrogen-bond acceptors (Lipinski definition) is 3. The third-order valence-electron chi connectivity index (χ3n) is 2.32. The number of aliphatic imine (C=N–C) groups is 1. The van der Waals surface area contributed by atoms with E-state index in [1.807, 2.05) is 19.9 Å². The molecule has 4 heteroatoms. The van der Waals surface area contributed by atoms with Gasteiger partial charge in [-0.2, -0.15) is 0 Å². The van der Waals surface area contributed by atoms with Crippen LogP contribution in [0.2, 0.25) is 5.02 Å². The maximum atomic E-state index is 10.0. The molecule has 80 valence electrons. The van der Waals surface area contributed by atoms with E-state index in [2.05, 4.69) is 4.99 Å². The number of benzene rings is 1. The topological polar surface area (TPSA) is 38.7 Å². The Hall–Kier alpha value is -1.31. The highest BCUT2D eigenvalue weighted by Gasteiger charge is 2.12. The molecular weight excluding hydrogens is 214 g/mol. The van der Waals surface area contributed by atoms with Gasteiger partial charge in [-0.3, -0.25) is 0 Å². The van der Waals surface area contributed by atoms with Crippen LogP contribution in [0, 0.1) is 13.8 Å². The summed E-state index contributed by atoms with van der Waals surface area (Å²) in [7, 11) is 1.55. The molecule has 0 radical (unpaired) electrons. The van der Waals surface area contributed by atoms with Crippen molar-refractivity contribution in [2.45, 2.75) is 20.4 Å². The summed E-state index contributed by atoms with van der Waals surface area (Å²) in [4.78, 5) is 13.6. The minimum absolute atomic E-state index is 0.244. The number of hydrogen-bond donors (Lipinski definition) is 0. The van der Waals surface area contributed by atoms with Gasteiger partial charge in [-0.15, -0.1) is 0 Å². The Bertz CT molecular complexity index is 423. The monoisotopic (exact) mass is 225 g/mol. The highest BCUT2D eigenvalue weighted by atomic mass is 35.5. The van der Waals surface area contributed by atoms with Crippen LogP contribution >= 0.6 is 11.6 Å². The van der Waals surface area contributed by atoms with Crippen molar-refractivity contribution >= 4 is 17.7 Å². The predicted octanol–water partition coefficient (Wildman–Crippen LogP) is 2.80. The van der Waals surface area contributed by atoms with Crippen molar-refractivity contribution in [1.29, 1.82) is 0 Å². The Morgan fingerprint density at radius 2 is 2.20 bits per heavy atom. The average molecular weight is 226 g/mol. The standard InChI is InChI=1S/C11H12ClNO2/c1-7-4-9(5-13-6-14)11(15-3)10(12)8(7)2/h4H,5H2,1-3H3. The second-order valence-corrected chi connectivity index (χ2v) is 3.61. The van der Waals surface area contributed by atoms with Crippen LogP contribution in [0.1, 0.15) is 16.7 Å². The first kappa shape index (κ1) is 11.8. The summed E-state index contributed by atoms with van der Waals surface area (Å²) >= 11 is 6.12. The number of isocyanates is 1. The Morgan fingerprint density at radius 1 is 1.53 bits per heavy atom. The average Bonchev–Trinajstić information content (AvgIpc) is 2.23. The summed E-state index contributed by atoms with van der Waals surface area (Å²) < 4.78 is 5.19. The van der Waals surface area contributed by atoms with Crippen LogP contribution in [0.3, 0.4) is 0 Å². The van der Waals surface area contributed by atoms with Gasteiger partial charge in [-0.25, -0.2) is 9.79 Å². The molecule has 1 aromatic carbocycles. The second kappa shape index (κ2) is 4.96.